The first kappa shape index (κ1) is 10.5. The van der Waals surface area contributed by atoms with Crippen LogP contribution in [-0.2, 0) is 6.42 Å². The zero-order valence-corrected chi connectivity index (χ0v) is 9.60. The average molecular weight is 224 g/mol. The number of rotatable bonds is 2. The molecule has 0 aliphatic carbocycles. The van der Waals surface area contributed by atoms with Crippen molar-refractivity contribution in [3.05, 3.63) is 35.0 Å². The first-order chi connectivity index (χ1) is 6.94. The molecule has 2 nitrogen and oxygen atoms in total. The minimum Gasteiger partial charge on any atom is -0.390 e. The summed E-state index contributed by atoms with van der Waals surface area (Å²) in [5, 5.41) is 11.5. The van der Waals surface area contributed by atoms with Gasteiger partial charge >= 0.3 is 0 Å². The van der Waals surface area contributed by atoms with E-state index in [9.17, 15) is 5.11 Å². The minimum atomic E-state index is -0.690. The number of nitrogens with one attached hydrogen (secondary N) is 1. The van der Waals surface area contributed by atoms with Gasteiger partial charge in [-0.3, -0.25) is 0 Å². The molecule has 0 aliphatic rings. The molecule has 80 valence electrons. The van der Waals surface area contributed by atoms with Crippen LogP contribution in [-0.4, -0.2) is 15.7 Å². The second-order valence-corrected chi connectivity index (χ2v) is 4.95. The third-order valence-corrected chi connectivity index (χ3v) is 2.50. The molecule has 0 bridgehead atoms. The molecule has 3 heteroatoms. The quantitative estimate of drug-likeness (QED) is 0.806. The van der Waals surface area contributed by atoms with Crippen LogP contribution < -0.4 is 0 Å². The van der Waals surface area contributed by atoms with E-state index < -0.39 is 5.60 Å². The molecule has 0 fully saturated rings. The molecule has 0 unspecified atom stereocenters. The SMILES string of the molecule is CC(C)(O)Cc1cc2ccc(Cl)cc2[nH]1. The Morgan fingerprint density at radius 2 is 2.07 bits per heavy atom. The molecule has 1 aromatic carbocycles. The fourth-order valence-electron chi connectivity index (χ4n) is 1.72. The van der Waals surface area contributed by atoms with Gasteiger partial charge in [0.15, 0.2) is 0 Å². The molecule has 0 saturated heterocycles. The maximum atomic E-state index is 9.70. The summed E-state index contributed by atoms with van der Waals surface area (Å²) in [5.41, 5.74) is 1.35. The van der Waals surface area contributed by atoms with Gasteiger partial charge in [0.05, 0.1) is 5.60 Å². The Morgan fingerprint density at radius 1 is 1.33 bits per heavy atom. The van der Waals surface area contributed by atoms with Crippen LogP contribution in [0.4, 0.5) is 0 Å². The summed E-state index contributed by atoms with van der Waals surface area (Å²) in [6.45, 7) is 3.59. The van der Waals surface area contributed by atoms with Crippen LogP contribution >= 0.6 is 11.6 Å². The number of aromatic amines is 1. The molecule has 2 aromatic rings. The van der Waals surface area contributed by atoms with Crippen molar-refractivity contribution in [2.24, 2.45) is 0 Å². The lowest BCUT2D eigenvalue weighted by Gasteiger charge is -2.15. The molecule has 0 radical (unpaired) electrons. The van der Waals surface area contributed by atoms with Crippen LogP contribution in [0.15, 0.2) is 24.3 Å². The Hall–Kier alpha value is -0.990. The Balaban J connectivity index is 2.39. The predicted octanol–water partition coefficient (Wildman–Crippen LogP) is 3.13. The van der Waals surface area contributed by atoms with E-state index in [1.54, 1.807) is 13.8 Å². The normalized spacial score (nSPS) is 12.3. The molecule has 0 amide bonds. The Morgan fingerprint density at radius 3 is 2.73 bits per heavy atom. The topological polar surface area (TPSA) is 36.0 Å². The van der Waals surface area contributed by atoms with E-state index in [4.69, 9.17) is 11.6 Å². The molecule has 2 rings (SSSR count). The number of hydrogen-bond donors (Lipinski definition) is 2. The number of aromatic nitrogens is 1. The molecule has 1 heterocycles. The smallest absolute Gasteiger partial charge is 0.0646 e. The van der Waals surface area contributed by atoms with E-state index in [-0.39, 0.29) is 0 Å². The van der Waals surface area contributed by atoms with Crippen LogP contribution in [0.25, 0.3) is 10.9 Å². The van der Waals surface area contributed by atoms with Gasteiger partial charge in [-0.15, -0.1) is 0 Å². The van der Waals surface area contributed by atoms with Gasteiger partial charge in [-0.25, -0.2) is 0 Å². The van der Waals surface area contributed by atoms with Gasteiger partial charge < -0.3 is 10.1 Å². The molecular formula is C12H14ClNO. The minimum absolute atomic E-state index is 0.610. The van der Waals surface area contributed by atoms with Crippen molar-refractivity contribution in [2.45, 2.75) is 25.9 Å². The summed E-state index contributed by atoms with van der Waals surface area (Å²) < 4.78 is 0. The summed E-state index contributed by atoms with van der Waals surface area (Å²) in [5.74, 6) is 0. The van der Waals surface area contributed by atoms with Crippen LogP contribution in [0.2, 0.25) is 5.02 Å². The van der Waals surface area contributed by atoms with Gasteiger partial charge in [0.2, 0.25) is 0 Å². The molecule has 0 aliphatic heterocycles. The lowest BCUT2D eigenvalue weighted by molar-refractivity contribution is 0.0801. The third-order valence-electron chi connectivity index (χ3n) is 2.26. The van der Waals surface area contributed by atoms with Gasteiger partial charge in [0, 0.05) is 22.7 Å². The van der Waals surface area contributed by atoms with Crippen molar-refractivity contribution in [3.63, 3.8) is 0 Å². The second kappa shape index (κ2) is 3.54. The summed E-state index contributed by atoms with van der Waals surface area (Å²) in [4.78, 5) is 3.25. The van der Waals surface area contributed by atoms with Crippen LogP contribution in [0.1, 0.15) is 19.5 Å². The highest BCUT2D eigenvalue weighted by atomic mass is 35.5. The molecular weight excluding hydrogens is 210 g/mol. The number of benzene rings is 1. The Bertz CT molecular complexity index is 482. The standard InChI is InChI=1S/C12H14ClNO/c1-12(2,15)7-10-5-8-3-4-9(13)6-11(8)14-10/h3-6,14-15H,7H2,1-2H3. The first-order valence-electron chi connectivity index (χ1n) is 4.94. The van der Waals surface area contributed by atoms with Crippen LogP contribution in [0, 0.1) is 0 Å². The second-order valence-electron chi connectivity index (χ2n) is 4.52. The highest BCUT2D eigenvalue weighted by Gasteiger charge is 2.14. The maximum absolute atomic E-state index is 9.70. The van der Waals surface area contributed by atoms with E-state index in [1.807, 2.05) is 24.3 Å². The molecule has 0 saturated carbocycles. The van der Waals surface area contributed by atoms with E-state index in [1.165, 1.54) is 0 Å². The zero-order valence-electron chi connectivity index (χ0n) is 8.84. The fraction of sp³-hybridized carbons (Fsp3) is 0.333. The van der Waals surface area contributed by atoms with Crippen molar-refractivity contribution < 1.29 is 5.11 Å². The molecule has 1 aromatic heterocycles. The van der Waals surface area contributed by atoms with Crippen molar-refractivity contribution in [3.8, 4) is 0 Å². The van der Waals surface area contributed by atoms with Gasteiger partial charge in [-0.2, -0.15) is 0 Å². The van der Waals surface area contributed by atoms with Crippen molar-refractivity contribution in [2.75, 3.05) is 0 Å². The highest BCUT2D eigenvalue weighted by molar-refractivity contribution is 6.31. The predicted molar refractivity (Wildman–Crippen MR) is 63.3 cm³/mol. The van der Waals surface area contributed by atoms with Crippen molar-refractivity contribution in [1.29, 1.82) is 0 Å². The van der Waals surface area contributed by atoms with E-state index in [2.05, 4.69) is 4.98 Å². The Kier molecular flexibility index (Phi) is 2.49. The van der Waals surface area contributed by atoms with Gasteiger partial charge in [0.1, 0.15) is 0 Å². The molecule has 15 heavy (non-hydrogen) atoms. The van der Waals surface area contributed by atoms with Crippen molar-refractivity contribution in [1.82, 2.24) is 4.98 Å². The van der Waals surface area contributed by atoms with Gasteiger partial charge in [-0.05, 0) is 37.4 Å². The fourth-order valence-corrected chi connectivity index (χ4v) is 1.89. The number of hydrogen-bond acceptors (Lipinski definition) is 1. The van der Waals surface area contributed by atoms with Crippen LogP contribution in [0.3, 0.4) is 0 Å². The summed E-state index contributed by atoms with van der Waals surface area (Å²) in [7, 11) is 0. The molecule has 2 N–H and O–H groups in total. The van der Waals surface area contributed by atoms with Crippen LogP contribution in [0.5, 0.6) is 0 Å². The van der Waals surface area contributed by atoms with E-state index in [0.717, 1.165) is 21.6 Å². The number of aliphatic hydroxyl groups is 1. The molecule has 0 spiro atoms. The van der Waals surface area contributed by atoms with Gasteiger partial charge in [0.25, 0.3) is 0 Å². The summed E-state index contributed by atoms with van der Waals surface area (Å²) in [6.07, 6.45) is 0.610. The summed E-state index contributed by atoms with van der Waals surface area (Å²) in [6, 6.07) is 7.78. The summed E-state index contributed by atoms with van der Waals surface area (Å²) >= 11 is 5.89. The maximum Gasteiger partial charge on any atom is 0.0646 e. The largest absolute Gasteiger partial charge is 0.390 e. The highest BCUT2D eigenvalue weighted by Crippen LogP contribution is 2.22. The molecule has 0 atom stereocenters. The Labute approximate surface area is 93.9 Å². The van der Waals surface area contributed by atoms with E-state index >= 15 is 0 Å². The average Bonchev–Trinajstić information content (AvgIpc) is 2.42. The monoisotopic (exact) mass is 223 g/mol. The number of fused-ring (bicyclic) bond motifs is 1. The lowest BCUT2D eigenvalue weighted by atomic mass is 10.0. The van der Waals surface area contributed by atoms with Crippen molar-refractivity contribution >= 4 is 22.5 Å². The first-order valence-corrected chi connectivity index (χ1v) is 5.31. The number of H-pyrrole nitrogens is 1. The zero-order chi connectivity index (χ0) is 11.1. The van der Waals surface area contributed by atoms with E-state index in [0.29, 0.717) is 6.42 Å². The lowest BCUT2D eigenvalue weighted by Crippen LogP contribution is -2.21. The third kappa shape index (κ3) is 2.52. The number of halogens is 1. The van der Waals surface area contributed by atoms with Gasteiger partial charge in [-0.1, -0.05) is 17.7 Å².